The van der Waals surface area contributed by atoms with E-state index in [1.807, 2.05) is 4.68 Å². The third-order valence-corrected chi connectivity index (χ3v) is 15.6. The number of aromatic nitrogens is 3. The highest BCUT2D eigenvalue weighted by atomic mass is 16.7. The number of amides is 2. The summed E-state index contributed by atoms with van der Waals surface area (Å²) in [5, 5.41) is 7.88. The summed E-state index contributed by atoms with van der Waals surface area (Å²) in [6, 6.07) is 0.797. The highest BCUT2D eigenvalue weighted by Crippen LogP contribution is 2.71. The number of fused-ring (bicyclic) bond motifs is 7. The predicted octanol–water partition coefficient (Wildman–Crippen LogP) is 7.44. The van der Waals surface area contributed by atoms with E-state index in [4.69, 9.17) is 9.47 Å². The van der Waals surface area contributed by atoms with Crippen molar-refractivity contribution in [3.8, 4) is 0 Å². The third-order valence-electron chi connectivity index (χ3n) is 15.6. The van der Waals surface area contributed by atoms with E-state index in [1.165, 1.54) is 64.2 Å². The number of nitrogens with one attached hydrogen (secondary N) is 1. The first kappa shape index (κ1) is 31.6. The summed E-state index contributed by atoms with van der Waals surface area (Å²) in [6.07, 6.45) is 22.2. The summed E-state index contributed by atoms with van der Waals surface area (Å²) in [7, 11) is 0. The molecule has 5 aliphatic carbocycles. The van der Waals surface area contributed by atoms with Gasteiger partial charge >= 0.3 is 6.03 Å². The number of hydrogen-bond donors (Lipinski definition) is 1. The van der Waals surface area contributed by atoms with Gasteiger partial charge in [-0.1, -0.05) is 47.0 Å². The quantitative estimate of drug-likeness (QED) is 0.364. The maximum absolute atomic E-state index is 13.9. The lowest BCUT2D eigenvalue weighted by Gasteiger charge is -2.61. The summed E-state index contributed by atoms with van der Waals surface area (Å²) in [4.78, 5) is 20.2. The summed E-state index contributed by atoms with van der Waals surface area (Å²) in [5.74, 6) is 4.61. The Balaban J connectivity index is 0.919. The van der Waals surface area contributed by atoms with Gasteiger partial charge in [0.1, 0.15) is 12.7 Å². The van der Waals surface area contributed by atoms with Crippen LogP contribution in [-0.2, 0) is 16.0 Å². The molecule has 256 valence electrons. The molecule has 2 aliphatic heterocycles. The molecule has 12 atom stereocenters. The fraction of sp³-hybridized carbons (Fsp3) is 0.921. The minimum atomic E-state index is -0.317. The van der Waals surface area contributed by atoms with Crippen molar-refractivity contribution in [2.45, 2.75) is 155 Å². The zero-order chi connectivity index (χ0) is 31.7. The molecule has 5 saturated carbocycles. The molecule has 7 fully saturated rings. The lowest BCUT2D eigenvalue weighted by atomic mass is 9.44. The lowest BCUT2D eigenvalue weighted by molar-refractivity contribution is -0.273. The van der Waals surface area contributed by atoms with Gasteiger partial charge in [-0.15, -0.1) is 0 Å². The monoisotopic (exact) mass is 635 g/mol. The van der Waals surface area contributed by atoms with Crippen LogP contribution in [0, 0.1) is 52.3 Å². The molecule has 2 saturated heterocycles. The second kappa shape index (κ2) is 12.0. The fourth-order valence-corrected chi connectivity index (χ4v) is 13.1. The molecule has 8 heteroatoms. The van der Waals surface area contributed by atoms with E-state index >= 15 is 0 Å². The highest BCUT2D eigenvalue weighted by molar-refractivity contribution is 5.75. The molecule has 46 heavy (non-hydrogen) atoms. The van der Waals surface area contributed by atoms with Crippen molar-refractivity contribution in [3.63, 3.8) is 0 Å². The van der Waals surface area contributed by atoms with Crippen molar-refractivity contribution in [3.05, 3.63) is 12.7 Å². The number of nitrogens with zero attached hydrogens (tertiary/aromatic N) is 4. The largest absolute Gasteiger partial charge is 0.349 e. The average molecular weight is 636 g/mol. The van der Waals surface area contributed by atoms with Gasteiger partial charge in [0.15, 0.2) is 5.79 Å². The van der Waals surface area contributed by atoms with Gasteiger partial charge in [0.25, 0.3) is 0 Å². The molecule has 1 spiro atoms. The average Bonchev–Trinajstić information content (AvgIpc) is 3.74. The van der Waals surface area contributed by atoms with E-state index in [-0.39, 0.29) is 11.8 Å². The van der Waals surface area contributed by atoms with Gasteiger partial charge in [-0.2, -0.15) is 5.10 Å². The first-order valence-electron chi connectivity index (χ1n) is 19.4. The van der Waals surface area contributed by atoms with Crippen LogP contribution in [0.3, 0.4) is 0 Å². The molecule has 8 nitrogen and oxygen atoms in total. The first-order chi connectivity index (χ1) is 22.2. The Kier molecular flexibility index (Phi) is 8.26. The van der Waals surface area contributed by atoms with Crippen LogP contribution in [0.4, 0.5) is 4.79 Å². The van der Waals surface area contributed by atoms with E-state index < -0.39 is 0 Å². The number of ether oxygens (including phenoxy) is 2. The topological polar surface area (TPSA) is 81.5 Å². The SMILES string of the molecule is C[C@H]1CC[C@@]2(OC1)O[C@H]1CC3[C@@H]4CC[C@@H]5C[C@H](NC(=O)N(CCn6cncn6)C6CCCCC6)CC[C@]5(C)[C@H]4CC[C@]3(C)C1[C@@H]2C. The maximum atomic E-state index is 13.9. The van der Waals surface area contributed by atoms with Crippen LogP contribution in [0.15, 0.2) is 12.7 Å². The Labute approximate surface area is 277 Å². The van der Waals surface area contributed by atoms with Crippen molar-refractivity contribution in [2.75, 3.05) is 13.2 Å². The van der Waals surface area contributed by atoms with Crippen LogP contribution < -0.4 is 5.32 Å². The van der Waals surface area contributed by atoms with E-state index in [1.54, 1.807) is 12.7 Å². The Bertz CT molecular complexity index is 1230. The van der Waals surface area contributed by atoms with E-state index in [0.29, 0.717) is 65.8 Å². The zero-order valence-corrected chi connectivity index (χ0v) is 29.2. The van der Waals surface area contributed by atoms with Crippen LogP contribution in [-0.4, -0.2) is 62.8 Å². The lowest BCUT2D eigenvalue weighted by Crippen LogP contribution is -2.57. The number of hydrogen-bond acceptors (Lipinski definition) is 5. The van der Waals surface area contributed by atoms with Crippen LogP contribution >= 0.6 is 0 Å². The van der Waals surface area contributed by atoms with Gasteiger partial charge in [0, 0.05) is 31.0 Å². The van der Waals surface area contributed by atoms with Crippen LogP contribution in [0.25, 0.3) is 0 Å². The van der Waals surface area contributed by atoms with Crippen LogP contribution in [0.2, 0.25) is 0 Å². The van der Waals surface area contributed by atoms with E-state index in [9.17, 15) is 4.79 Å². The molecular formula is C38H61N5O3. The Morgan fingerprint density at radius 2 is 1.78 bits per heavy atom. The molecule has 0 aromatic carbocycles. The fourth-order valence-electron chi connectivity index (χ4n) is 13.1. The van der Waals surface area contributed by atoms with Crippen molar-refractivity contribution in [1.82, 2.24) is 25.0 Å². The van der Waals surface area contributed by atoms with Gasteiger partial charge < -0.3 is 19.7 Å². The summed E-state index contributed by atoms with van der Waals surface area (Å²) in [5.41, 5.74) is 0.778. The minimum Gasteiger partial charge on any atom is -0.349 e. The molecule has 7 aliphatic rings. The standard InChI is InChI=1S/C38H61N5O3/c1-25-12-17-38(45-22-25)26(2)34-33(46-38)21-32-30-11-10-27-20-28(13-15-36(27,3)31(30)14-16-37(32,34)4)41-35(44)43(29-8-6-5-7-9-29)19-18-42-24-39-23-40-42/h23-34H,5-22H2,1-4H3,(H,41,44)/t25-,26-,27+,28+,30+,31-,32?,33-,34?,36-,37-,38+/m0/s1. The number of urea groups is 1. The van der Waals surface area contributed by atoms with E-state index in [2.05, 4.69) is 48.0 Å². The smallest absolute Gasteiger partial charge is 0.317 e. The van der Waals surface area contributed by atoms with Gasteiger partial charge in [-0.25, -0.2) is 9.78 Å². The van der Waals surface area contributed by atoms with Crippen molar-refractivity contribution in [2.24, 2.45) is 52.3 Å². The minimum absolute atomic E-state index is 0.156. The second-order valence-corrected chi connectivity index (χ2v) is 17.7. The Morgan fingerprint density at radius 1 is 0.957 bits per heavy atom. The highest BCUT2D eigenvalue weighted by Gasteiger charge is 2.69. The molecular weight excluding hydrogens is 574 g/mol. The summed E-state index contributed by atoms with van der Waals surface area (Å²) in [6.45, 7) is 12.4. The maximum Gasteiger partial charge on any atom is 0.317 e. The summed E-state index contributed by atoms with van der Waals surface area (Å²) < 4.78 is 15.4. The third kappa shape index (κ3) is 5.16. The van der Waals surface area contributed by atoms with Crippen LogP contribution in [0.5, 0.6) is 0 Å². The number of carbonyl (C=O) groups excluding carboxylic acids is 1. The van der Waals surface area contributed by atoms with Crippen molar-refractivity contribution < 1.29 is 14.3 Å². The molecule has 1 aromatic rings. The van der Waals surface area contributed by atoms with Crippen molar-refractivity contribution in [1.29, 1.82) is 0 Å². The molecule has 1 N–H and O–H groups in total. The van der Waals surface area contributed by atoms with Gasteiger partial charge in [0.2, 0.25) is 0 Å². The zero-order valence-electron chi connectivity index (χ0n) is 29.2. The Hall–Kier alpha value is -1.67. The number of rotatable bonds is 5. The normalized spacial score (nSPS) is 47.1. The predicted molar refractivity (Wildman–Crippen MR) is 178 cm³/mol. The second-order valence-electron chi connectivity index (χ2n) is 17.7. The van der Waals surface area contributed by atoms with E-state index in [0.717, 1.165) is 56.5 Å². The van der Waals surface area contributed by atoms with Gasteiger partial charge in [0.05, 0.1) is 19.3 Å². The molecule has 8 rings (SSSR count). The van der Waals surface area contributed by atoms with Gasteiger partial charge in [-0.05, 0) is 117 Å². The van der Waals surface area contributed by atoms with Gasteiger partial charge in [-0.3, -0.25) is 4.68 Å². The molecule has 1 aromatic heterocycles. The molecule has 2 unspecified atom stereocenters. The van der Waals surface area contributed by atoms with Crippen molar-refractivity contribution >= 4 is 6.03 Å². The Morgan fingerprint density at radius 3 is 2.54 bits per heavy atom. The van der Waals surface area contributed by atoms with Crippen LogP contribution in [0.1, 0.15) is 124 Å². The first-order valence-corrected chi connectivity index (χ1v) is 19.4. The molecule has 2 amide bonds. The molecule has 0 bridgehead atoms. The summed E-state index contributed by atoms with van der Waals surface area (Å²) >= 11 is 0. The number of carbonyl (C=O) groups is 1. The molecule has 3 heterocycles. The molecule has 0 radical (unpaired) electrons.